The molecule has 0 aromatic carbocycles. The van der Waals surface area contributed by atoms with E-state index in [1.807, 2.05) is 6.92 Å². The lowest BCUT2D eigenvalue weighted by Crippen LogP contribution is -2.41. The number of carboxylic acids is 1. The Morgan fingerprint density at radius 1 is 1.61 bits per heavy atom. The van der Waals surface area contributed by atoms with Crippen LogP contribution in [0.1, 0.15) is 35.3 Å². The van der Waals surface area contributed by atoms with Gasteiger partial charge < -0.3 is 16.2 Å². The fraction of sp³-hybridized carbons (Fsp3) is 0.545. The van der Waals surface area contributed by atoms with Gasteiger partial charge in [0.05, 0.1) is 11.0 Å². The van der Waals surface area contributed by atoms with Gasteiger partial charge in [-0.25, -0.2) is 9.78 Å². The van der Waals surface area contributed by atoms with E-state index in [0.717, 1.165) is 6.42 Å². The third-order valence-electron chi connectivity index (χ3n) is 2.35. The normalized spacial score (nSPS) is 12.1. The number of carboxylic acid groups (broad SMARTS) is 1. The minimum atomic E-state index is -1.04. The smallest absolute Gasteiger partial charge is 0.355 e. The SMILES string of the molecule is CCCC(N)C(=O)NCCc1nc(C(=O)O)cs1. The highest BCUT2D eigenvalue weighted by atomic mass is 32.1. The van der Waals surface area contributed by atoms with Gasteiger partial charge in [-0.15, -0.1) is 11.3 Å². The van der Waals surface area contributed by atoms with Crippen LogP contribution < -0.4 is 11.1 Å². The Hall–Kier alpha value is -1.47. The lowest BCUT2D eigenvalue weighted by Gasteiger charge is -2.10. The van der Waals surface area contributed by atoms with Crippen LogP contribution in [-0.2, 0) is 11.2 Å². The van der Waals surface area contributed by atoms with Gasteiger partial charge >= 0.3 is 5.97 Å². The molecule has 0 fully saturated rings. The molecule has 0 bridgehead atoms. The van der Waals surface area contributed by atoms with Gasteiger partial charge in [0.15, 0.2) is 5.69 Å². The second-order valence-electron chi connectivity index (χ2n) is 3.87. The van der Waals surface area contributed by atoms with Crippen molar-refractivity contribution >= 4 is 23.2 Å². The molecule has 0 spiro atoms. The molecule has 0 aliphatic carbocycles. The molecule has 0 saturated heterocycles. The Kier molecular flexibility index (Phi) is 5.73. The van der Waals surface area contributed by atoms with Crippen LogP contribution >= 0.6 is 11.3 Å². The van der Waals surface area contributed by atoms with E-state index in [9.17, 15) is 9.59 Å². The quantitative estimate of drug-likeness (QED) is 0.674. The van der Waals surface area contributed by atoms with Gasteiger partial charge in [-0.2, -0.15) is 0 Å². The molecule has 0 aliphatic rings. The number of rotatable bonds is 7. The molecular formula is C11H17N3O3S. The van der Waals surface area contributed by atoms with Crippen molar-refractivity contribution in [1.82, 2.24) is 10.3 Å². The summed E-state index contributed by atoms with van der Waals surface area (Å²) < 4.78 is 0. The molecule has 7 heteroatoms. The largest absolute Gasteiger partial charge is 0.476 e. The Morgan fingerprint density at radius 2 is 2.33 bits per heavy atom. The summed E-state index contributed by atoms with van der Waals surface area (Å²) in [4.78, 5) is 26.0. The molecule has 1 aromatic heterocycles. The van der Waals surface area contributed by atoms with E-state index in [1.165, 1.54) is 16.7 Å². The molecule has 4 N–H and O–H groups in total. The maximum absolute atomic E-state index is 11.5. The zero-order chi connectivity index (χ0) is 13.5. The average Bonchev–Trinajstić information content (AvgIpc) is 2.78. The third-order valence-corrected chi connectivity index (χ3v) is 3.25. The number of hydrogen-bond acceptors (Lipinski definition) is 5. The van der Waals surface area contributed by atoms with Gasteiger partial charge in [0.1, 0.15) is 0 Å². The number of amides is 1. The number of nitrogens with two attached hydrogens (primary N) is 1. The number of aromatic carboxylic acids is 1. The molecule has 0 radical (unpaired) electrons. The Morgan fingerprint density at radius 3 is 2.89 bits per heavy atom. The first-order chi connectivity index (χ1) is 8.54. The molecule has 100 valence electrons. The Labute approximate surface area is 109 Å². The van der Waals surface area contributed by atoms with Gasteiger partial charge in [-0.1, -0.05) is 13.3 Å². The zero-order valence-electron chi connectivity index (χ0n) is 10.2. The summed E-state index contributed by atoms with van der Waals surface area (Å²) >= 11 is 1.27. The monoisotopic (exact) mass is 271 g/mol. The summed E-state index contributed by atoms with van der Waals surface area (Å²) in [6.07, 6.45) is 2.04. The van der Waals surface area contributed by atoms with E-state index in [0.29, 0.717) is 24.4 Å². The minimum absolute atomic E-state index is 0.0454. The number of nitrogens with one attached hydrogen (secondary N) is 1. The lowest BCUT2D eigenvalue weighted by molar-refractivity contribution is -0.122. The van der Waals surface area contributed by atoms with E-state index in [4.69, 9.17) is 10.8 Å². The molecule has 1 atom stereocenters. The maximum atomic E-state index is 11.5. The van der Waals surface area contributed by atoms with Crippen molar-refractivity contribution in [3.63, 3.8) is 0 Å². The molecule has 1 rings (SSSR count). The van der Waals surface area contributed by atoms with Crippen molar-refractivity contribution in [3.05, 3.63) is 16.1 Å². The molecule has 0 saturated carbocycles. The van der Waals surface area contributed by atoms with Gasteiger partial charge in [0.25, 0.3) is 0 Å². The standard InChI is InChI=1S/C11H17N3O3S/c1-2-3-7(12)10(15)13-5-4-9-14-8(6-18-9)11(16)17/h6-7H,2-5,12H2,1H3,(H,13,15)(H,16,17). The van der Waals surface area contributed by atoms with Crippen molar-refractivity contribution in [2.24, 2.45) is 5.73 Å². The molecule has 6 nitrogen and oxygen atoms in total. The van der Waals surface area contributed by atoms with Crippen LogP contribution in [0.3, 0.4) is 0 Å². The predicted molar refractivity (Wildman–Crippen MR) is 68.7 cm³/mol. The number of thiazole rings is 1. The molecular weight excluding hydrogens is 254 g/mol. The van der Waals surface area contributed by atoms with Crippen molar-refractivity contribution in [3.8, 4) is 0 Å². The van der Waals surface area contributed by atoms with Crippen molar-refractivity contribution in [2.75, 3.05) is 6.54 Å². The molecule has 1 unspecified atom stereocenters. The van der Waals surface area contributed by atoms with E-state index < -0.39 is 12.0 Å². The summed E-state index contributed by atoms with van der Waals surface area (Å²) in [5, 5.41) is 13.6. The third kappa shape index (κ3) is 4.42. The van der Waals surface area contributed by atoms with Crippen LogP contribution in [0, 0.1) is 0 Å². The van der Waals surface area contributed by atoms with Crippen LogP contribution in [0.25, 0.3) is 0 Å². The minimum Gasteiger partial charge on any atom is -0.476 e. The van der Waals surface area contributed by atoms with E-state index in [1.54, 1.807) is 0 Å². The first-order valence-electron chi connectivity index (χ1n) is 5.75. The van der Waals surface area contributed by atoms with Crippen molar-refractivity contribution in [1.29, 1.82) is 0 Å². The summed E-state index contributed by atoms with van der Waals surface area (Å²) in [7, 11) is 0. The Balaban J connectivity index is 2.32. The first-order valence-corrected chi connectivity index (χ1v) is 6.63. The summed E-state index contributed by atoms with van der Waals surface area (Å²) in [5.74, 6) is -1.21. The number of aromatic nitrogens is 1. The second-order valence-corrected chi connectivity index (χ2v) is 4.81. The number of carbonyl (C=O) groups is 2. The van der Waals surface area contributed by atoms with Crippen LogP contribution in [-0.4, -0.2) is 34.6 Å². The fourth-order valence-electron chi connectivity index (χ4n) is 1.39. The molecule has 18 heavy (non-hydrogen) atoms. The van der Waals surface area contributed by atoms with Gasteiger partial charge in [0, 0.05) is 18.3 Å². The summed E-state index contributed by atoms with van der Waals surface area (Å²) in [5.41, 5.74) is 5.69. The van der Waals surface area contributed by atoms with Crippen LogP contribution in [0.5, 0.6) is 0 Å². The summed E-state index contributed by atoms with van der Waals surface area (Å²) in [6, 6.07) is -0.471. The molecule has 1 aromatic rings. The fourth-order valence-corrected chi connectivity index (χ4v) is 2.16. The van der Waals surface area contributed by atoms with E-state index in [-0.39, 0.29) is 11.6 Å². The highest BCUT2D eigenvalue weighted by molar-refractivity contribution is 7.09. The molecule has 1 amide bonds. The zero-order valence-corrected chi connectivity index (χ0v) is 11.0. The lowest BCUT2D eigenvalue weighted by atomic mass is 10.2. The van der Waals surface area contributed by atoms with Crippen molar-refractivity contribution < 1.29 is 14.7 Å². The number of nitrogens with zero attached hydrogens (tertiary/aromatic N) is 1. The van der Waals surface area contributed by atoms with Crippen LogP contribution in [0.15, 0.2) is 5.38 Å². The Bertz CT molecular complexity index is 419. The van der Waals surface area contributed by atoms with Gasteiger partial charge in [-0.3, -0.25) is 4.79 Å². The van der Waals surface area contributed by atoms with Gasteiger partial charge in [0.2, 0.25) is 5.91 Å². The van der Waals surface area contributed by atoms with Crippen molar-refractivity contribution in [2.45, 2.75) is 32.2 Å². The number of carbonyl (C=O) groups excluding carboxylic acids is 1. The maximum Gasteiger partial charge on any atom is 0.355 e. The highest BCUT2D eigenvalue weighted by Gasteiger charge is 2.12. The molecule has 0 aliphatic heterocycles. The topological polar surface area (TPSA) is 105 Å². The van der Waals surface area contributed by atoms with Crippen LogP contribution in [0.4, 0.5) is 0 Å². The predicted octanol–water partition coefficient (Wildman–Crippen LogP) is 0.627. The summed E-state index contributed by atoms with van der Waals surface area (Å²) in [6.45, 7) is 2.39. The van der Waals surface area contributed by atoms with E-state index in [2.05, 4.69) is 10.3 Å². The van der Waals surface area contributed by atoms with E-state index >= 15 is 0 Å². The first kappa shape index (κ1) is 14.6. The molecule has 1 heterocycles. The second kappa shape index (κ2) is 7.07. The van der Waals surface area contributed by atoms with Gasteiger partial charge in [-0.05, 0) is 6.42 Å². The number of hydrogen-bond donors (Lipinski definition) is 3. The highest BCUT2D eigenvalue weighted by Crippen LogP contribution is 2.09. The average molecular weight is 271 g/mol. The van der Waals surface area contributed by atoms with Crippen LogP contribution in [0.2, 0.25) is 0 Å².